The molecule has 1 amide bonds. The predicted octanol–water partition coefficient (Wildman–Crippen LogP) is 0.450. The van der Waals surface area contributed by atoms with Crippen molar-refractivity contribution in [2.24, 2.45) is 5.41 Å². The highest BCUT2D eigenvalue weighted by molar-refractivity contribution is 5.93. The molecule has 0 saturated carbocycles. The lowest BCUT2D eigenvalue weighted by Crippen LogP contribution is -2.49. The number of rotatable bonds is 3. The lowest BCUT2D eigenvalue weighted by Gasteiger charge is -2.37. The van der Waals surface area contributed by atoms with E-state index in [0.29, 0.717) is 19.8 Å². The molecule has 1 aromatic heterocycles. The van der Waals surface area contributed by atoms with Gasteiger partial charge in [-0.05, 0) is 6.92 Å². The monoisotopic (exact) mass is 236 g/mol. The third-order valence-corrected chi connectivity index (χ3v) is 2.88. The minimum Gasteiger partial charge on any atom is -0.380 e. The average molecular weight is 236 g/mol. The summed E-state index contributed by atoms with van der Waals surface area (Å²) in [5.41, 5.74) is 0.645. The molecular formula is C12H16N2O3. The lowest BCUT2D eigenvalue weighted by atomic mass is 9.89. The van der Waals surface area contributed by atoms with Gasteiger partial charge in [0.25, 0.3) is 5.91 Å². The zero-order chi connectivity index (χ0) is 12.5. The van der Waals surface area contributed by atoms with Gasteiger partial charge in [0, 0.05) is 29.9 Å². The van der Waals surface area contributed by atoms with Crippen LogP contribution in [0.5, 0.6) is 0 Å². The van der Waals surface area contributed by atoms with Crippen LogP contribution in [0.25, 0.3) is 0 Å². The molecule has 0 atom stereocenters. The Balaban J connectivity index is 2.02. The van der Waals surface area contributed by atoms with E-state index in [1.54, 1.807) is 6.92 Å². The second-order valence-corrected chi connectivity index (χ2v) is 4.88. The fraction of sp³-hybridized carbons (Fsp3) is 0.500. The number of aromatic amines is 1. The number of carbonyl (C=O) groups excluding carboxylic acids is 1. The molecule has 1 aliphatic rings. The highest BCUT2D eigenvalue weighted by Crippen LogP contribution is 2.25. The SMILES string of the molecule is Cc1cc(=O)c(C(=O)NCC2(C)COC2)c[nH]1. The Kier molecular flexibility index (Phi) is 3.02. The number of aromatic nitrogens is 1. The quantitative estimate of drug-likeness (QED) is 0.800. The van der Waals surface area contributed by atoms with E-state index < -0.39 is 0 Å². The first kappa shape index (κ1) is 11.9. The fourth-order valence-electron chi connectivity index (χ4n) is 1.69. The Bertz CT molecular complexity index is 489. The maximum Gasteiger partial charge on any atom is 0.256 e. The molecule has 2 N–H and O–H groups in total. The van der Waals surface area contributed by atoms with E-state index in [-0.39, 0.29) is 22.3 Å². The Labute approximate surface area is 99.2 Å². The molecule has 0 radical (unpaired) electrons. The van der Waals surface area contributed by atoms with E-state index in [4.69, 9.17) is 4.74 Å². The number of aryl methyl sites for hydroxylation is 1. The second kappa shape index (κ2) is 4.33. The van der Waals surface area contributed by atoms with E-state index in [1.807, 2.05) is 6.92 Å². The van der Waals surface area contributed by atoms with Crippen LogP contribution in [0.4, 0.5) is 0 Å². The van der Waals surface area contributed by atoms with Crippen molar-refractivity contribution in [3.05, 3.63) is 33.7 Å². The van der Waals surface area contributed by atoms with Crippen molar-refractivity contribution in [3.63, 3.8) is 0 Å². The molecule has 5 nitrogen and oxygen atoms in total. The van der Waals surface area contributed by atoms with Crippen LogP contribution in [0.15, 0.2) is 17.1 Å². The third kappa shape index (κ3) is 2.55. The molecule has 2 heterocycles. The summed E-state index contributed by atoms with van der Waals surface area (Å²) in [6, 6.07) is 1.42. The Morgan fingerprint density at radius 1 is 1.59 bits per heavy atom. The van der Waals surface area contributed by atoms with Crippen molar-refractivity contribution in [2.45, 2.75) is 13.8 Å². The summed E-state index contributed by atoms with van der Waals surface area (Å²) in [4.78, 5) is 26.2. The molecule has 0 bridgehead atoms. The van der Waals surface area contributed by atoms with Crippen molar-refractivity contribution in [3.8, 4) is 0 Å². The van der Waals surface area contributed by atoms with E-state index in [9.17, 15) is 9.59 Å². The molecule has 92 valence electrons. The highest BCUT2D eigenvalue weighted by Gasteiger charge is 2.33. The van der Waals surface area contributed by atoms with Crippen LogP contribution in [-0.4, -0.2) is 30.6 Å². The number of pyridine rings is 1. The summed E-state index contributed by atoms with van der Waals surface area (Å²) < 4.78 is 5.10. The van der Waals surface area contributed by atoms with Gasteiger partial charge in [-0.1, -0.05) is 6.92 Å². The molecule has 0 unspecified atom stereocenters. The molecule has 1 aliphatic heterocycles. The number of hydrogen-bond acceptors (Lipinski definition) is 3. The van der Waals surface area contributed by atoms with Crippen LogP contribution in [-0.2, 0) is 4.74 Å². The van der Waals surface area contributed by atoms with Gasteiger partial charge in [-0.15, -0.1) is 0 Å². The van der Waals surface area contributed by atoms with Gasteiger partial charge in [-0.3, -0.25) is 9.59 Å². The Hall–Kier alpha value is -1.62. The van der Waals surface area contributed by atoms with Gasteiger partial charge < -0.3 is 15.0 Å². The first-order chi connectivity index (χ1) is 8.00. The molecule has 0 spiro atoms. The van der Waals surface area contributed by atoms with Crippen LogP contribution in [0.1, 0.15) is 23.0 Å². The summed E-state index contributed by atoms with van der Waals surface area (Å²) in [5, 5.41) is 2.76. The molecule has 2 rings (SSSR count). The predicted molar refractivity (Wildman–Crippen MR) is 63.1 cm³/mol. The van der Waals surface area contributed by atoms with Gasteiger partial charge in [0.05, 0.1) is 13.2 Å². The first-order valence-corrected chi connectivity index (χ1v) is 5.55. The minimum atomic E-state index is -0.334. The van der Waals surface area contributed by atoms with E-state index in [0.717, 1.165) is 5.69 Å². The van der Waals surface area contributed by atoms with Gasteiger partial charge in [0.2, 0.25) is 0 Å². The first-order valence-electron chi connectivity index (χ1n) is 5.55. The normalized spacial score (nSPS) is 17.3. The number of carbonyl (C=O) groups is 1. The number of hydrogen-bond donors (Lipinski definition) is 2. The minimum absolute atomic E-state index is 0.00706. The van der Waals surface area contributed by atoms with Crippen molar-refractivity contribution >= 4 is 5.91 Å². The fourth-order valence-corrected chi connectivity index (χ4v) is 1.69. The summed E-state index contributed by atoms with van der Waals surface area (Å²) in [6.45, 7) is 5.64. The number of H-pyrrole nitrogens is 1. The Morgan fingerprint density at radius 3 is 2.82 bits per heavy atom. The topological polar surface area (TPSA) is 71.2 Å². The van der Waals surface area contributed by atoms with Gasteiger partial charge in [0.1, 0.15) is 5.56 Å². The smallest absolute Gasteiger partial charge is 0.256 e. The zero-order valence-electron chi connectivity index (χ0n) is 10.0. The van der Waals surface area contributed by atoms with Gasteiger partial charge in [-0.2, -0.15) is 0 Å². The molecule has 0 aromatic carbocycles. The molecule has 5 heteroatoms. The summed E-state index contributed by atoms with van der Waals surface area (Å²) >= 11 is 0. The number of ether oxygens (including phenoxy) is 1. The highest BCUT2D eigenvalue weighted by atomic mass is 16.5. The molecule has 1 saturated heterocycles. The maximum atomic E-state index is 11.8. The molecule has 0 aliphatic carbocycles. The summed E-state index contributed by atoms with van der Waals surface area (Å²) in [7, 11) is 0. The third-order valence-electron chi connectivity index (χ3n) is 2.88. The van der Waals surface area contributed by atoms with Crippen LogP contribution in [0, 0.1) is 12.3 Å². The summed E-state index contributed by atoms with van der Waals surface area (Å²) in [6.07, 6.45) is 1.45. The van der Waals surface area contributed by atoms with E-state index in [2.05, 4.69) is 10.3 Å². The van der Waals surface area contributed by atoms with Crippen molar-refractivity contribution < 1.29 is 9.53 Å². The van der Waals surface area contributed by atoms with Crippen LogP contribution in [0.3, 0.4) is 0 Å². The van der Waals surface area contributed by atoms with Gasteiger partial charge in [-0.25, -0.2) is 0 Å². The largest absolute Gasteiger partial charge is 0.380 e. The van der Waals surface area contributed by atoms with Crippen molar-refractivity contribution in [1.29, 1.82) is 0 Å². The maximum absolute atomic E-state index is 11.8. The lowest BCUT2D eigenvalue weighted by molar-refractivity contribution is -0.0978. The molecule has 1 fully saturated rings. The van der Waals surface area contributed by atoms with Crippen molar-refractivity contribution in [1.82, 2.24) is 10.3 Å². The number of nitrogens with one attached hydrogen (secondary N) is 2. The second-order valence-electron chi connectivity index (χ2n) is 4.88. The average Bonchev–Trinajstić information content (AvgIpc) is 2.23. The van der Waals surface area contributed by atoms with Crippen LogP contribution >= 0.6 is 0 Å². The van der Waals surface area contributed by atoms with E-state index >= 15 is 0 Å². The van der Waals surface area contributed by atoms with Gasteiger partial charge in [0.15, 0.2) is 5.43 Å². The standard InChI is InChI=1S/C12H16N2O3/c1-8-3-10(15)9(4-13-8)11(16)14-5-12(2)6-17-7-12/h3-4H,5-7H2,1-2H3,(H,13,15)(H,14,16). The van der Waals surface area contributed by atoms with Crippen LogP contribution in [0.2, 0.25) is 0 Å². The van der Waals surface area contributed by atoms with Gasteiger partial charge >= 0.3 is 0 Å². The molecule has 17 heavy (non-hydrogen) atoms. The zero-order valence-corrected chi connectivity index (χ0v) is 10.0. The molecular weight excluding hydrogens is 220 g/mol. The Morgan fingerprint density at radius 2 is 2.29 bits per heavy atom. The molecule has 1 aromatic rings. The van der Waals surface area contributed by atoms with E-state index in [1.165, 1.54) is 12.3 Å². The van der Waals surface area contributed by atoms with Crippen molar-refractivity contribution in [2.75, 3.05) is 19.8 Å². The van der Waals surface area contributed by atoms with Crippen LogP contribution < -0.4 is 10.7 Å². The summed E-state index contributed by atoms with van der Waals surface area (Å²) in [5.74, 6) is -0.334. The number of amides is 1.